The molecule has 2 amide bonds. The SMILES string of the molecule is CCc1c(C)sc(NC(=O)C(F)(F)C(F)(F)C(=O)Nc2sc(C)c(CC)c2C(=O)OC)c1C(=O)OC. The number of nitrogens with one attached hydrogen (secondary N) is 2. The number of hydrogen-bond acceptors (Lipinski definition) is 8. The van der Waals surface area contributed by atoms with E-state index in [-0.39, 0.29) is 24.0 Å². The monoisotopic (exact) mass is 552 g/mol. The largest absolute Gasteiger partial charge is 0.465 e. The highest BCUT2D eigenvalue weighted by Gasteiger charge is 2.67. The van der Waals surface area contributed by atoms with Crippen LogP contribution in [-0.2, 0) is 31.9 Å². The fourth-order valence-electron chi connectivity index (χ4n) is 3.47. The Kier molecular flexibility index (Phi) is 8.89. The predicted molar refractivity (Wildman–Crippen MR) is 127 cm³/mol. The Morgan fingerprint density at radius 3 is 1.28 bits per heavy atom. The van der Waals surface area contributed by atoms with Crippen molar-refractivity contribution in [3.8, 4) is 0 Å². The summed E-state index contributed by atoms with van der Waals surface area (Å²) in [5.74, 6) is -18.0. The lowest BCUT2D eigenvalue weighted by atomic mass is 10.1. The van der Waals surface area contributed by atoms with E-state index in [9.17, 15) is 36.7 Å². The van der Waals surface area contributed by atoms with Gasteiger partial charge in [-0.15, -0.1) is 22.7 Å². The van der Waals surface area contributed by atoms with Gasteiger partial charge in [-0.2, -0.15) is 17.6 Å². The summed E-state index contributed by atoms with van der Waals surface area (Å²) in [5, 5.41) is 2.47. The van der Waals surface area contributed by atoms with Crippen LogP contribution >= 0.6 is 22.7 Å². The second-order valence-corrected chi connectivity index (χ2v) is 9.88. The van der Waals surface area contributed by atoms with Crippen molar-refractivity contribution >= 4 is 56.4 Å². The van der Waals surface area contributed by atoms with Gasteiger partial charge in [-0.3, -0.25) is 9.59 Å². The van der Waals surface area contributed by atoms with Gasteiger partial charge in [0.05, 0.1) is 25.3 Å². The second kappa shape index (κ2) is 10.9. The van der Waals surface area contributed by atoms with Gasteiger partial charge in [0, 0.05) is 9.75 Å². The summed E-state index contributed by atoms with van der Waals surface area (Å²) in [6.07, 6.45) is 0.556. The van der Waals surface area contributed by atoms with Crippen LogP contribution in [0.5, 0.6) is 0 Å². The summed E-state index contributed by atoms with van der Waals surface area (Å²) < 4.78 is 68.0. The summed E-state index contributed by atoms with van der Waals surface area (Å²) in [6.45, 7) is 6.44. The van der Waals surface area contributed by atoms with Crippen molar-refractivity contribution in [3.05, 3.63) is 32.0 Å². The highest BCUT2D eigenvalue weighted by Crippen LogP contribution is 2.41. The molecule has 2 aromatic rings. The smallest absolute Gasteiger partial charge is 0.396 e. The molecule has 0 fully saturated rings. The summed E-state index contributed by atoms with van der Waals surface area (Å²) in [4.78, 5) is 49.8. The highest BCUT2D eigenvalue weighted by molar-refractivity contribution is 7.17. The van der Waals surface area contributed by atoms with Crippen LogP contribution in [0.2, 0.25) is 0 Å². The van der Waals surface area contributed by atoms with Crippen molar-refractivity contribution < 1.29 is 46.2 Å². The van der Waals surface area contributed by atoms with Gasteiger partial charge in [-0.05, 0) is 37.8 Å². The Labute approximate surface area is 212 Å². The lowest BCUT2D eigenvalue weighted by Crippen LogP contribution is -2.56. The fraction of sp³-hybridized carbons (Fsp3) is 0.455. The van der Waals surface area contributed by atoms with E-state index in [2.05, 4.69) is 9.47 Å². The number of amides is 2. The number of rotatable bonds is 9. The molecular formula is C22H24F4N2O6S2. The molecule has 0 saturated carbocycles. The first-order valence-electron chi connectivity index (χ1n) is 10.5. The second-order valence-electron chi connectivity index (χ2n) is 7.43. The summed E-state index contributed by atoms with van der Waals surface area (Å²) >= 11 is 1.46. The summed E-state index contributed by atoms with van der Waals surface area (Å²) in [6, 6.07) is 0. The van der Waals surface area contributed by atoms with Gasteiger partial charge in [0.1, 0.15) is 10.0 Å². The van der Waals surface area contributed by atoms with Gasteiger partial charge in [0.2, 0.25) is 0 Å². The average molecular weight is 553 g/mol. The van der Waals surface area contributed by atoms with Crippen molar-refractivity contribution in [3.63, 3.8) is 0 Å². The number of aryl methyl sites for hydroxylation is 2. The fourth-order valence-corrected chi connectivity index (χ4v) is 5.73. The van der Waals surface area contributed by atoms with Crippen LogP contribution in [0.1, 0.15) is 55.4 Å². The topological polar surface area (TPSA) is 111 Å². The molecule has 0 atom stereocenters. The lowest BCUT2D eigenvalue weighted by Gasteiger charge is -2.24. The molecule has 2 N–H and O–H groups in total. The van der Waals surface area contributed by atoms with Gasteiger partial charge < -0.3 is 20.1 Å². The Balaban J connectivity index is 2.40. The molecule has 2 aromatic heterocycles. The zero-order valence-electron chi connectivity index (χ0n) is 20.2. The zero-order chi connectivity index (χ0) is 27.6. The van der Waals surface area contributed by atoms with E-state index in [1.807, 2.05) is 0 Å². The molecule has 0 aromatic carbocycles. The minimum Gasteiger partial charge on any atom is -0.465 e. The minimum absolute atomic E-state index is 0.233. The van der Waals surface area contributed by atoms with Crippen LogP contribution in [0.15, 0.2) is 0 Å². The van der Waals surface area contributed by atoms with E-state index in [4.69, 9.17) is 0 Å². The molecule has 36 heavy (non-hydrogen) atoms. The van der Waals surface area contributed by atoms with Crippen LogP contribution in [-0.4, -0.2) is 49.8 Å². The van der Waals surface area contributed by atoms with E-state index in [0.717, 1.165) is 36.9 Å². The number of thiophene rings is 2. The number of alkyl halides is 4. The van der Waals surface area contributed by atoms with Crippen molar-refractivity contribution in [1.29, 1.82) is 0 Å². The van der Waals surface area contributed by atoms with Gasteiger partial charge in [0.15, 0.2) is 0 Å². The number of hydrogen-bond donors (Lipinski definition) is 2. The van der Waals surface area contributed by atoms with Gasteiger partial charge >= 0.3 is 35.6 Å². The van der Waals surface area contributed by atoms with E-state index >= 15 is 0 Å². The molecule has 0 radical (unpaired) electrons. The molecule has 2 rings (SSSR count). The van der Waals surface area contributed by atoms with Gasteiger partial charge in [-0.1, -0.05) is 13.8 Å². The van der Waals surface area contributed by atoms with Crippen molar-refractivity contribution in [2.24, 2.45) is 0 Å². The Bertz CT molecular complexity index is 1110. The van der Waals surface area contributed by atoms with Crippen LogP contribution in [0.3, 0.4) is 0 Å². The number of methoxy groups -OCH3 is 2. The molecule has 0 spiro atoms. The number of carbonyl (C=O) groups is 4. The van der Waals surface area contributed by atoms with E-state index in [1.54, 1.807) is 38.3 Å². The maximum absolute atomic E-state index is 14.7. The van der Waals surface area contributed by atoms with Crippen molar-refractivity contribution in [2.75, 3.05) is 24.9 Å². The standard InChI is InChI=1S/C22H24F4N2O6S2/c1-7-11-9(3)35-15(13(11)17(29)33-5)27-19(31)21(23,24)22(25,26)20(32)28-16-14(18(30)34-6)12(8-2)10(4)36-16/h7-8H2,1-6H3,(H,27,31)(H,28,32). The first-order chi connectivity index (χ1) is 16.7. The molecule has 2 heterocycles. The number of ether oxygens (including phenoxy) is 2. The molecule has 0 unspecified atom stereocenters. The van der Waals surface area contributed by atoms with Crippen LogP contribution < -0.4 is 10.6 Å². The average Bonchev–Trinajstić information content (AvgIpc) is 3.31. The van der Waals surface area contributed by atoms with Gasteiger partial charge in [-0.25, -0.2) is 9.59 Å². The quantitative estimate of drug-likeness (QED) is 0.336. The summed E-state index contributed by atoms with van der Waals surface area (Å²) in [7, 11) is 2.07. The highest BCUT2D eigenvalue weighted by atomic mass is 32.1. The van der Waals surface area contributed by atoms with Crippen molar-refractivity contribution in [2.45, 2.75) is 52.4 Å². The number of halogens is 4. The Morgan fingerprint density at radius 1 is 0.722 bits per heavy atom. The first-order valence-corrected chi connectivity index (χ1v) is 12.1. The molecular weight excluding hydrogens is 528 g/mol. The molecule has 198 valence electrons. The first kappa shape index (κ1) is 29.2. The van der Waals surface area contributed by atoms with E-state index in [0.29, 0.717) is 20.9 Å². The molecule has 0 saturated heterocycles. The maximum atomic E-state index is 14.7. The molecule has 0 aliphatic heterocycles. The van der Waals surface area contributed by atoms with E-state index < -0.39 is 45.6 Å². The molecule has 0 aliphatic rings. The number of esters is 2. The van der Waals surface area contributed by atoms with Crippen LogP contribution in [0.4, 0.5) is 27.6 Å². The van der Waals surface area contributed by atoms with Gasteiger partial charge in [0.25, 0.3) is 0 Å². The summed E-state index contributed by atoms with van der Waals surface area (Å²) in [5.41, 5.74) is 0.321. The van der Waals surface area contributed by atoms with Crippen molar-refractivity contribution in [1.82, 2.24) is 0 Å². The maximum Gasteiger partial charge on any atom is 0.396 e. The van der Waals surface area contributed by atoms with Crippen LogP contribution in [0.25, 0.3) is 0 Å². The lowest BCUT2D eigenvalue weighted by molar-refractivity contribution is -0.204. The Hall–Kier alpha value is -3.00. The van der Waals surface area contributed by atoms with E-state index in [1.165, 1.54) is 0 Å². The molecule has 0 aliphatic carbocycles. The Morgan fingerprint density at radius 2 is 1.03 bits per heavy atom. The van der Waals surface area contributed by atoms with Crippen LogP contribution in [0, 0.1) is 13.8 Å². The molecule has 0 bridgehead atoms. The third-order valence-corrected chi connectivity index (χ3v) is 7.45. The molecule has 14 heteroatoms. The third kappa shape index (κ3) is 5.09. The third-order valence-electron chi connectivity index (χ3n) is 5.32. The number of carbonyl (C=O) groups excluding carboxylic acids is 4. The molecule has 8 nitrogen and oxygen atoms in total. The zero-order valence-corrected chi connectivity index (χ0v) is 21.8. The minimum atomic E-state index is -5.53. The normalized spacial score (nSPS) is 11.7. The predicted octanol–water partition coefficient (Wildman–Crippen LogP) is 4.97. The number of anilines is 2.